The van der Waals surface area contributed by atoms with Crippen molar-refractivity contribution in [1.82, 2.24) is 10.2 Å². The molecule has 4 heteroatoms. The van der Waals surface area contributed by atoms with E-state index in [-0.39, 0.29) is 12.5 Å². The Kier molecular flexibility index (Phi) is 6.78. The van der Waals surface area contributed by atoms with Crippen molar-refractivity contribution in [1.29, 1.82) is 0 Å². The minimum Gasteiger partial charge on any atom is -0.384 e. The van der Waals surface area contributed by atoms with Gasteiger partial charge in [0.2, 0.25) is 0 Å². The van der Waals surface area contributed by atoms with Crippen LogP contribution < -0.4 is 5.32 Å². The van der Waals surface area contributed by atoms with Gasteiger partial charge in [-0.05, 0) is 51.7 Å². The highest BCUT2D eigenvalue weighted by atomic mass is 16.2. The number of nitrogens with zero attached hydrogens (tertiary/aromatic N) is 1. The van der Waals surface area contributed by atoms with E-state index in [4.69, 9.17) is 5.11 Å². The summed E-state index contributed by atoms with van der Waals surface area (Å²) >= 11 is 0. The lowest BCUT2D eigenvalue weighted by Crippen LogP contribution is -2.27. The molecule has 0 unspecified atom stereocenters. The summed E-state index contributed by atoms with van der Waals surface area (Å²) in [5, 5.41) is 11.7. The molecule has 0 saturated carbocycles. The van der Waals surface area contributed by atoms with Gasteiger partial charge in [0.15, 0.2) is 0 Å². The standard InChI is InChI=1S/C16H22N2O2/c1-13-7-8-15(14(12-13)6-4-11-19)16(20)17-9-5-10-18(2)3/h7-8,12,19H,5,9-11H2,1-3H3,(H,17,20). The lowest BCUT2D eigenvalue weighted by molar-refractivity contribution is 0.0952. The van der Waals surface area contributed by atoms with Gasteiger partial charge in [-0.15, -0.1) is 0 Å². The van der Waals surface area contributed by atoms with E-state index in [1.807, 2.05) is 33.2 Å². The van der Waals surface area contributed by atoms with Crippen LogP contribution in [-0.2, 0) is 0 Å². The molecule has 1 rings (SSSR count). The number of amides is 1. The van der Waals surface area contributed by atoms with Gasteiger partial charge in [0.1, 0.15) is 6.61 Å². The number of aliphatic hydroxyl groups is 1. The van der Waals surface area contributed by atoms with Crippen LogP contribution in [0.5, 0.6) is 0 Å². The van der Waals surface area contributed by atoms with Crippen LogP contribution in [0.3, 0.4) is 0 Å². The third kappa shape index (κ3) is 5.43. The number of hydrogen-bond donors (Lipinski definition) is 2. The molecule has 0 spiro atoms. The Labute approximate surface area is 120 Å². The molecule has 0 saturated heterocycles. The highest BCUT2D eigenvalue weighted by Gasteiger charge is 2.09. The largest absolute Gasteiger partial charge is 0.384 e. The summed E-state index contributed by atoms with van der Waals surface area (Å²) < 4.78 is 0. The summed E-state index contributed by atoms with van der Waals surface area (Å²) in [6.07, 6.45) is 0.905. The van der Waals surface area contributed by atoms with E-state index >= 15 is 0 Å². The Morgan fingerprint density at radius 3 is 2.80 bits per heavy atom. The third-order valence-electron chi connectivity index (χ3n) is 2.79. The fourth-order valence-corrected chi connectivity index (χ4v) is 1.79. The summed E-state index contributed by atoms with van der Waals surface area (Å²) in [6.45, 7) is 3.31. The van der Waals surface area contributed by atoms with Crippen molar-refractivity contribution in [2.24, 2.45) is 0 Å². The van der Waals surface area contributed by atoms with E-state index in [1.165, 1.54) is 0 Å². The molecule has 0 aliphatic rings. The summed E-state index contributed by atoms with van der Waals surface area (Å²) in [4.78, 5) is 14.2. The van der Waals surface area contributed by atoms with Crippen molar-refractivity contribution >= 4 is 5.91 Å². The lowest BCUT2D eigenvalue weighted by atomic mass is 10.0. The first-order valence-corrected chi connectivity index (χ1v) is 6.68. The zero-order valence-corrected chi connectivity index (χ0v) is 12.4. The van der Waals surface area contributed by atoms with Gasteiger partial charge in [-0.25, -0.2) is 0 Å². The zero-order chi connectivity index (χ0) is 15.0. The number of hydrogen-bond acceptors (Lipinski definition) is 3. The molecule has 0 aromatic heterocycles. The Morgan fingerprint density at radius 2 is 2.15 bits per heavy atom. The second kappa shape index (κ2) is 8.36. The van der Waals surface area contributed by atoms with Crippen LogP contribution in [0.1, 0.15) is 27.9 Å². The quantitative estimate of drug-likeness (QED) is 0.622. The summed E-state index contributed by atoms with van der Waals surface area (Å²) in [5.41, 5.74) is 2.25. The predicted molar refractivity (Wildman–Crippen MR) is 80.6 cm³/mol. The van der Waals surface area contributed by atoms with Crippen molar-refractivity contribution in [3.63, 3.8) is 0 Å². The molecule has 1 aromatic rings. The number of carbonyl (C=O) groups is 1. The van der Waals surface area contributed by atoms with E-state index < -0.39 is 0 Å². The van der Waals surface area contributed by atoms with Gasteiger partial charge in [0, 0.05) is 12.1 Å². The predicted octanol–water partition coefficient (Wildman–Crippen LogP) is 1.02. The molecule has 0 radical (unpaired) electrons. The van der Waals surface area contributed by atoms with Crippen LogP contribution in [0.2, 0.25) is 0 Å². The monoisotopic (exact) mass is 274 g/mol. The third-order valence-corrected chi connectivity index (χ3v) is 2.79. The Bertz CT molecular complexity index is 513. The van der Waals surface area contributed by atoms with Crippen molar-refractivity contribution in [3.8, 4) is 11.8 Å². The molecule has 0 aliphatic heterocycles. The normalized spacial score (nSPS) is 10.1. The minimum absolute atomic E-state index is 0.119. The van der Waals surface area contributed by atoms with Gasteiger partial charge in [-0.3, -0.25) is 4.79 Å². The second-order valence-electron chi connectivity index (χ2n) is 4.92. The van der Waals surface area contributed by atoms with Gasteiger partial charge < -0.3 is 15.3 Å². The molecule has 1 aromatic carbocycles. The van der Waals surface area contributed by atoms with Crippen LogP contribution in [0.25, 0.3) is 0 Å². The first-order chi connectivity index (χ1) is 9.54. The highest BCUT2D eigenvalue weighted by molar-refractivity contribution is 5.96. The second-order valence-corrected chi connectivity index (χ2v) is 4.92. The SMILES string of the molecule is Cc1ccc(C(=O)NCCCN(C)C)c(C#CCO)c1. The number of aryl methyl sites for hydroxylation is 1. The average Bonchev–Trinajstić information content (AvgIpc) is 2.41. The van der Waals surface area contributed by atoms with Gasteiger partial charge in [0.05, 0.1) is 5.56 Å². The fourth-order valence-electron chi connectivity index (χ4n) is 1.79. The molecule has 108 valence electrons. The number of aliphatic hydroxyl groups excluding tert-OH is 1. The fraction of sp³-hybridized carbons (Fsp3) is 0.438. The molecule has 0 aliphatic carbocycles. The average molecular weight is 274 g/mol. The van der Waals surface area contributed by atoms with Gasteiger partial charge in [-0.1, -0.05) is 17.9 Å². The van der Waals surface area contributed by atoms with Crippen LogP contribution in [-0.4, -0.2) is 49.7 Å². The molecule has 0 heterocycles. The van der Waals surface area contributed by atoms with Crippen LogP contribution in [0.15, 0.2) is 18.2 Å². The van der Waals surface area contributed by atoms with Crippen molar-refractivity contribution in [2.45, 2.75) is 13.3 Å². The topological polar surface area (TPSA) is 52.6 Å². The Balaban J connectivity index is 2.72. The van der Waals surface area contributed by atoms with E-state index in [2.05, 4.69) is 22.1 Å². The maximum absolute atomic E-state index is 12.1. The summed E-state index contributed by atoms with van der Waals surface area (Å²) in [7, 11) is 4.01. The molecule has 1 amide bonds. The molecular formula is C16H22N2O2. The molecule has 0 bridgehead atoms. The van der Waals surface area contributed by atoms with Crippen molar-refractivity contribution in [2.75, 3.05) is 33.8 Å². The Hall–Kier alpha value is -1.83. The molecule has 0 atom stereocenters. The first-order valence-electron chi connectivity index (χ1n) is 6.68. The highest BCUT2D eigenvalue weighted by Crippen LogP contribution is 2.10. The van der Waals surface area contributed by atoms with Gasteiger partial charge in [0.25, 0.3) is 5.91 Å². The van der Waals surface area contributed by atoms with E-state index in [0.717, 1.165) is 18.5 Å². The van der Waals surface area contributed by atoms with E-state index in [9.17, 15) is 4.79 Å². The zero-order valence-electron chi connectivity index (χ0n) is 12.4. The molecule has 20 heavy (non-hydrogen) atoms. The van der Waals surface area contributed by atoms with E-state index in [1.54, 1.807) is 6.07 Å². The van der Waals surface area contributed by atoms with Gasteiger partial charge in [-0.2, -0.15) is 0 Å². The Morgan fingerprint density at radius 1 is 1.40 bits per heavy atom. The minimum atomic E-state index is -0.210. The number of carbonyl (C=O) groups excluding carboxylic acids is 1. The van der Waals surface area contributed by atoms with Crippen molar-refractivity contribution in [3.05, 3.63) is 34.9 Å². The number of nitrogens with one attached hydrogen (secondary N) is 1. The first kappa shape index (κ1) is 16.2. The summed E-state index contributed by atoms with van der Waals surface area (Å²) in [5.74, 6) is 5.29. The summed E-state index contributed by atoms with van der Waals surface area (Å²) in [6, 6.07) is 5.52. The smallest absolute Gasteiger partial charge is 0.252 e. The molecular weight excluding hydrogens is 252 g/mol. The van der Waals surface area contributed by atoms with Gasteiger partial charge >= 0.3 is 0 Å². The lowest BCUT2D eigenvalue weighted by Gasteiger charge is -2.11. The van der Waals surface area contributed by atoms with Crippen LogP contribution in [0.4, 0.5) is 0 Å². The molecule has 0 fully saturated rings. The van der Waals surface area contributed by atoms with Crippen LogP contribution in [0, 0.1) is 18.8 Å². The number of benzene rings is 1. The van der Waals surface area contributed by atoms with E-state index in [0.29, 0.717) is 17.7 Å². The van der Waals surface area contributed by atoms with Crippen molar-refractivity contribution < 1.29 is 9.90 Å². The maximum Gasteiger partial charge on any atom is 0.252 e. The molecule has 2 N–H and O–H groups in total. The maximum atomic E-state index is 12.1. The molecule has 4 nitrogen and oxygen atoms in total. The number of rotatable bonds is 5. The van der Waals surface area contributed by atoms with Crippen LogP contribution >= 0.6 is 0 Å².